The van der Waals surface area contributed by atoms with Crippen molar-refractivity contribution in [1.82, 2.24) is 14.8 Å². The molecule has 0 saturated carbocycles. The van der Waals surface area contributed by atoms with Crippen molar-refractivity contribution in [3.05, 3.63) is 39.8 Å². The first-order valence-electron chi connectivity index (χ1n) is 5.81. The number of hydrogen-bond acceptors (Lipinski definition) is 4. The number of aromatic amines is 1. The van der Waals surface area contributed by atoms with Crippen LogP contribution in [0.1, 0.15) is 18.1 Å². The Morgan fingerprint density at radius 1 is 1.58 bits per heavy atom. The average Bonchev–Trinajstić information content (AvgIpc) is 2.71. The smallest absolute Gasteiger partial charge is 0.343 e. The molecule has 2 aromatic rings. The summed E-state index contributed by atoms with van der Waals surface area (Å²) in [6, 6.07) is 5.68. The topological polar surface area (TPSA) is 101 Å². The van der Waals surface area contributed by atoms with Crippen molar-refractivity contribution in [3.63, 3.8) is 0 Å². The highest BCUT2D eigenvalue weighted by molar-refractivity contribution is 7.99. The molecule has 19 heavy (non-hydrogen) atoms. The molecule has 0 saturated heterocycles. The number of hydrogen-bond donors (Lipinski definition) is 3. The molecule has 0 aliphatic heterocycles. The number of aryl methyl sites for hydroxylation is 1. The number of nitrogen functional groups attached to an aromatic ring is 1. The molecule has 0 aliphatic carbocycles. The molecule has 1 heterocycles. The molecule has 0 unspecified atom stereocenters. The van der Waals surface area contributed by atoms with Crippen LogP contribution in [0, 0.1) is 12.3 Å². The van der Waals surface area contributed by atoms with Crippen LogP contribution >= 0.6 is 11.8 Å². The molecule has 0 aliphatic rings. The van der Waals surface area contributed by atoms with Crippen molar-refractivity contribution in [3.8, 4) is 0 Å². The molecule has 0 amide bonds. The minimum Gasteiger partial charge on any atom is -0.384 e. The quantitative estimate of drug-likeness (QED) is 0.579. The van der Waals surface area contributed by atoms with Gasteiger partial charge in [-0.25, -0.2) is 9.89 Å². The molecule has 4 N–H and O–H groups in total. The zero-order chi connectivity index (χ0) is 14.0. The van der Waals surface area contributed by atoms with Gasteiger partial charge in [0.2, 0.25) is 0 Å². The fourth-order valence-corrected chi connectivity index (χ4v) is 2.73. The average molecular weight is 277 g/mol. The maximum atomic E-state index is 11.5. The van der Waals surface area contributed by atoms with Crippen LogP contribution in [-0.4, -0.2) is 20.6 Å². The molecule has 7 heteroatoms. The van der Waals surface area contributed by atoms with Crippen LogP contribution < -0.4 is 11.4 Å². The summed E-state index contributed by atoms with van der Waals surface area (Å²) < 4.78 is 1.54. The van der Waals surface area contributed by atoms with E-state index in [1.165, 1.54) is 16.3 Å². The molecule has 2 rings (SSSR count). The SMILES string of the molecule is CCn1c(Sc2ccc(C)cc2C(=N)N)n[nH]c1=O. The maximum Gasteiger partial charge on any atom is 0.343 e. The summed E-state index contributed by atoms with van der Waals surface area (Å²) in [6.45, 7) is 4.36. The molecule has 1 aromatic carbocycles. The van der Waals surface area contributed by atoms with Crippen LogP contribution in [0.3, 0.4) is 0 Å². The number of amidine groups is 1. The minimum atomic E-state index is -0.235. The number of nitrogens with one attached hydrogen (secondary N) is 2. The molecule has 6 nitrogen and oxygen atoms in total. The van der Waals surface area contributed by atoms with Gasteiger partial charge in [0, 0.05) is 17.0 Å². The van der Waals surface area contributed by atoms with Gasteiger partial charge in [0.1, 0.15) is 5.84 Å². The van der Waals surface area contributed by atoms with Gasteiger partial charge in [-0.3, -0.25) is 9.98 Å². The van der Waals surface area contributed by atoms with Gasteiger partial charge in [-0.05, 0) is 37.7 Å². The summed E-state index contributed by atoms with van der Waals surface area (Å²) in [6.07, 6.45) is 0. The van der Waals surface area contributed by atoms with E-state index >= 15 is 0 Å². The summed E-state index contributed by atoms with van der Waals surface area (Å²) in [4.78, 5) is 12.3. The van der Waals surface area contributed by atoms with E-state index in [4.69, 9.17) is 11.1 Å². The zero-order valence-corrected chi connectivity index (χ0v) is 11.5. The van der Waals surface area contributed by atoms with Crippen LogP contribution in [0.25, 0.3) is 0 Å². The zero-order valence-electron chi connectivity index (χ0n) is 10.7. The first kappa shape index (κ1) is 13.4. The third kappa shape index (κ3) is 2.70. The van der Waals surface area contributed by atoms with Crippen LogP contribution in [0.5, 0.6) is 0 Å². The molecular weight excluding hydrogens is 262 g/mol. The number of benzene rings is 1. The Kier molecular flexibility index (Phi) is 3.75. The monoisotopic (exact) mass is 277 g/mol. The van der Waals surface area contributed by atoms with E-state index in [0.29, 0.717) is 17.3 Å². The predicted octanol–water partition coefficient (Wildman–Crippen LogP) is 1.33. The Labute approximate surface area is 114 Å². The second-order valence-corrected chi connectivity index (χ2v) is 5.08. The first-order chi connectivity index (χ1) is 9.02. The standard InChI is InChI=1S/C12H15N5OS/c1-3-17-11(18)15-16-12(17)19-9-5-4-7(2)6-8(9)10(13)14/h4-6H,3H2,1-2H3,(H3,13,14)(H,15,18). The van der Waals surface area contributed by atoms with Crippen molar-refractivity contribution in [1.29, 1.82) is 5.41 Å². The van der Waals surface area contributed by atoms with Crippen LogP contribution in [-0.2, 0) is 6.54 Å². The van der Waals surface area contributed by atoms with Gasteiger partial charge in [-0.15, -0.1) is 5.10 Å². The van der Waals surface area contributed by atoms with Crippen LogP contribution in [0.4, 0.5) is 0 Å². The number of nitrogens with two attached hydrogens (primary N) is 1. The number of H-pyrrole nitrogens is 1. The number of nitrogens with zero attached hydrogens (tertiary/aromatic N) is 2. The second-order valence-electron chi connectivity index (χ2n) is 4.07. The number of aromatic nitrogens is 3. The van der Waals surface area contributed by atoms with Gasteiger partial charge in [0.25, 0.3) is 0 Å². The molecule has 1 aromatic heterocycles. The molecule has 0 bridgehead atoms. The van der Waals surface area contributed by atoms with Crippen molar-refractivity contribution in [2.24, 2.45) is 5.73 Å². The molecule has 0 fully saturated rings. The highest BCUT2D eigenvalue weighted by Gasteiger charge is 2.12. The van der Waals surface area contributed by atoms with Gasteiger partial charge < -0.3 is 5.73 Å². The normalized spacial score (nSPS) is 10.6. The third-order valence-corrected chi connectivity index (χ3v) is 3.74. The van der Waals surface area contributed by atoms with E-state index < -0.39 is 0 Å². The van der Waals surface area contributed by atoms with Gasteiger partial charge in [-0.2, -0.15) is 0 Å². The Hall–Kier alpha value is -2.02. The lowest BCUT2D eigenvalue weighted by Crippen LogP contribution is -2.16. The summed E-state index contributed by atoms with van der Waals surface area (Å²) in [5.74, 6) is 0.00660. The molecule has 0 atom stereocenters. The van der Waals surface area contributed by atoms with E-state index in [-0.39, 0.29) is 11.5 Å². The second kappa shape index (κ2) is 5.31. The van der Waals surface area contributed by atoms with E-state index in [1.807, 2.05) is 32.0 Å². The van der Waals surface area contributed by atoms with E-state index in [9.17, 15) is 4.79 Å². The molecule has 100 valence electrons. The Morgan fingerprint density at radius 3 is 2.95 bits per heavy atom. The Morgan fingerprint density at radius 2 is 2.32 bits per heavy atom. The fraction of sp³-hybridized carbons (Fsp3) is 0.250. The van der Waals surface area contributed by atoms with Crippen LogP contribution in [0.2, 0.25) is 0 Å². The Bertz CT molecular complexity index is 673. The lowest BCUT2D eigenvalue weighted by atomic mass is 10.1. The van der Waals surface area contributed by atoms with Gasteiger partial charge in [0.05, 0.1) is 0 Å². The summed E-state index contributed by atoms with van der Waals surface area (Å²) >= 11 is 1.32. The van der Waals surface area contributed by atoms with Gasteiger partial charge in [0.15, 0.2) is 5.16 Å². The largest absolute Gasteiger partial charge is 0.384 e. The van der Waals surface area contributed by atoms with Crippen molar-refractivity contribution in [2.75, 3.05) is 0 Å². The summed E-state index contributed by atoms with van der Waals surface area (Å²) in [5, 5.41) is 14.6. The van der Waals surface area contributed by atoms with E-state index in [2.05, 4.69) is 10.2 Å². The summed E-state index contributed by atoms with van der Waals surface area (Å²) in [5.41, 5.74) is 7.04. The lowest BCUT2D eigenvalue weighted by molar-refractivity contribution is 0.660. The van der Waals surface area contributed by atoms with E-state index in [0.717, 1.165) is 10.5 Å². The predicted molar refractivity (Wildman–Crippen MR) is 74.8 cm³/mol. The van der Waals surface area contributed by atoms with Crippen molar-refractivity contribution in [2.45, 2.75) is 30.4 Å². The molecule has 0 radical (unpaired) electrons. The first-order valence-corrected chi connectivity index (χ1v) is 6.62. The Balaban J connectivity index is 2.43. The minimum absolute atomic E-state index is 0.00660. The van der Waals surface area contributed by atoms with Gasteiger partial charge in [-0.1, -0.05) is 11.6 Å². The van der Waals surface area contributed by atoms with Crippen molar-refractivity contribution < 1.29 is 0 Å². The highest BCUT2D eigenvalue weighted by atomic mass is 32.2. The van der Waals surface area contributed by atoms with E-state index in [1.54, 1.807) is 0 Å². The molecule has 0 spiro atoms. The highest BCUT2D eigenvalue weighted by Crippen LogP contribution is 2.28. The van der Waals surface area contributed by atoms with Crippen molar-refractivity contribution >= 4 is 17.6 Å². The molecular formula is C12H15N5OS. The lowest BCUT2D eigenvalue weighted by Gasteiger charge is -2.08. The number of rotatable bonds is 4. The third-order valence-electron chi connectivity index (χ3n) is 2.67. The summed E-state index contributed by atoms with van der Waals surface area (Å²) in [7, 11) is 0. The maximum absolute atomic E-state index is 11.5. The van der Waals surface area contributed by atoms with Gasteiger partial charge >= 0.3 is 5.69 Å². The fourth-order valence-electron chi connectivity index (χ4n) is 1.70. The van der Waals surface area contributed by atoms with Crippen LogP contribution in [0.15, 0.2) is 33.0 Å².